The standard InChI is InChI=1S/C23H21N5O3S/c1-12-3-8-17-18(9-12)32-23(25-17)28-22-21(13(2)27-28)16(10-20(30)26-22)14-4-6-15(7-5-14)31-11-19(24)29/h3-9,16H,10-11H2,1-2H3,(H2,24,29)(H,26,30)/t16-/m1/s1. The van der Waals surface area contributed by atoms with Crippen LogP contribution in [0.4, 0.5) is 5.82 Å². The Morgan fingerprint density at radius 3 is 2.78 bits per heavy atom. The van der Waals surface area contributed by atoms with Gasteiger partial charge in [-0.3, -0.25) is 9.59 Å². The van der Waals surface area contributed by atoms with E-state index in [0.717, 1.165) is 27.0 Å². The Labute approximate surface area is 188 Å². The van der Waals surface area contributed by atoms with Crippen molar-refractivity contribution in [3.63, 3.8) is 0 Å². The Kier molecular flexibility index (Phi) is 4.90. The van der Waals surface area contributed by atoms with Gasteiger partial charge in [0.25, 0.3) is 5.91 Å². The summed E-state index contributed by atoms with van der Waals surface area (Å²) in [6, 6.07) is 13.5. The third-order valence-corrected chi connectivity index (χ3v) is 6.47. The van der Waals surface area contributed by atoms with Crippen LogP contribution in [-0.2, 0) is 9.59 Å². The topological polar surface area (TPSA) is 112 Å². The predicted molar refractivity (Wildman–Crippen MR) is 122 cm³/mol. The number of hydrogen-bond acceptors (Lipinski definition) is 6. The maximum absolute atomic E-state index is 12.6. The van der Waals surface area contributed by atoms with Crippen LogP contribution in [0, 0.1) is 13.8 Å². The van der Waals surface area contributed by atoms with E-state index < -0.39 is 5.91 Å². The van der Waals surface area contributed by atoms with Gasteiger partial charge in [-0.05, 0) is 49.2 Å². The van der Waals surface area contributed by atoms with Gasteiger partial charge in [0.2, 0.25) is 11.0 Å². The zero-order valence-corrected chi connectivity index (χ0v) is 18.4. The van der Waals surface area contributed by atoms with Gasteiger partial charge >= 0.3 is 0 Å². The molecule has 0 spiro atoms. The van der Waals surface area contributed by atoms with Crippen molar-refractivity contribution in [3.05, 3.63) is 64.8 Å². The molecular formula is C23H21N5O3S. The van der Waals surface area contributed by atoms with E-state index in [0.29, 0.717) is 23.1 Å². The van der Waals surface area contributed by atoms with Crippen LogP contribution in [0.5, 0.6) is 5.75 Å². The van der Waals surface area contributed by atoms with E-state index in [1.54, 1.807) is 28.2 Å². The van der Waals surface area contributed by atoms with Gasteiger partial charge in [0.05, 0.1) is 15.9 Å². The highest BCUT2D eigenvalue weighted by molar-refractivity contribution is 7.20. The molecular weight excluding hydrogens is 426 g/mol. The number of ether oxygens (including phenoxy) is 1. The number of amides is 2. The van der Waals surface area contributed by atoms with Crippen molar-refractivity contribution in [2.75, 3.05) is 11.9 Å². The van der Waals surface area contributed by atoms with Crippen LogP contribution in [0.1, 0.15) is 34.7 Å². The number of aryl methyl sites for hydroxylation is 2. The molecule has 2 aromatic heterocycles. The molecule has 2 amide bonds. The van der Waals surface area contributed by atoms with Crippen molar-refractivity contribution >= 4 is 39.2 Å². The van der Waals surface area contributed by atoms with Crippen LogP contribution in [0.3, 0.4) is 0 Å². The van der Waals surface area contributed by atoms with Crippen LogP contribution in [-0.4, -0.2) is 33.2 Å². The molecule has 1 aliphatic rings. The van der Waals surface area contributed by atoms with E-state index in [-0.39, 0.29) is 18.4 Å². The highest BCUT2D eigenvalue weighted by Gasteiger charge is 2.33. The van der Waals surface area contributed by atoms with E-state index in [1.165, 1.54) is 5.56 Å². The Morgan fingerprint density at radius 2 is 2.03 bits per heavy atom. The fourth-order valence-corrected chi connectivity index (χ4v) is 5.05. The molecule has 1 aliphatic heterocycles. The second-order valence-electron chi connectivity index (χ2n) is 7.86. The number of hydrogen-bond donors (Lipinski definition) is 2. The molecule has 2 aromatic carbocycles. The smallest absolute Gasteiger partial charge is 0.255 e. The molecule has 162 valence electrons. The lowest BCUT2D eigenvalue weighted by Gasteiger charge is -2.24. The van der Waals surface area contributed by atoms with Crippen LogP contribution >= 0.6 is 11.3 Å². The Balaban J connectivity index is 1.53. The lowest BCUT2D eigenvalue weighted by Crippen LogP contribution is -2.25. The summed E-state index contributed by atoms with van der Waals surface area (Å²) in [5.41, 5.74) is 9.99. The van der Waals surface area contributed by atoms with Crippen molar-refractivity contribution in [1.82, 2.24) is 14.8 Å². The van der Waals surface area contributed by atoms with Crippen molar-refractivity contribution in [2.45, 2.75) is 26.2 Å². The second kappa shape index (κ2) is 7.76. The minimum atomic E-state index is -0.532. The molecule has 3 heterocycles. The number of primary amides is 1. The number of nitrogens with two attached hydrogens (primary N) is 1. The number of anilines is 1. The molecule has 0 aliphatic carbocycles. The summed E-state index contributed by atoms with van der Waals surface area (Å²) < 4.78 is 8.16. The molecule has 0 fully saturated rings. The van der Waals surface area contributed by atoms with Gasteiger partial charge < -0.3 is 15.8 Å². The Morgan fingerprint density at radius 1 is 1.25 bits per heavy atom. The molecule has 0 saturated carbocycles. The monoisotopic (exact) mass is 447 g/mol. The lowest BCUT2D eigenvalue weighted by atomic mass is 9.86. The van der Waals surface area contributed by atoms with Crippen LogP contribution in [0.2, 0.25) is 0 Å². The number of rotatable bonds is 5. The number of carbonyl (C=O) groups excluding carboxylic acids is 2. The molecule has 8 nitrogen and oxygen atoms in total. The van der Waals surface area contributed by atoms with Crippen LogP contribution in [0.25, 0.3) is 15.3 Å². The van der Waals surface area contributed by atoms with Gasteiger partial charge in [0.15, 0.2) is 6.61 Å². The predicted octanol–water partition coefficient (Wildman–Crippen LogP) is 3.44. The number of benzene rings is 2. The molecule has 32 heavy (non-hydrogen) atoms. The maximum atomic E-state index is 12.6. The normalized spacial score (nSPS) is 15.4. The van der Waals surface area contributed by atoms with Crippen molar-refractivity contribution < 1.29 is 14.3 Å². The first-order chi connectivity index (χ1) is 15.4. The lowest BCUT2D eigenvalue weighted by molar-refractivity contribution is -0.120. The number of fused-ring (bicyclic) bond motifs is 2. The van der Waals surface area contributed by atoms with Crippen molar-refractivity contribution in [3.8, 4) is 10.9 Å². The van der Waals surface area contributed by atoms with Crippen molar-refractivity contribution in [2.24, 2.45) is 5.73 Å². The second-order valence-corrected chi connectivity index (χ2v) is 8.87. The number of nitrogens with zero attached hydrogens (tertiary/aromatic N) is 3. The molecule has 0 unspecified atom stereocenters. The molecule has 1 atom stereocenters. The molecule has 0 bridgehead atoms. The summed E-state index contributed by atoms with van der Waals surface area (Å²) in [7, 11) is 0. The summed E-state index contributed by atoms with van der Waals surface area (Å²) in [6.45, 7) is 3.82. The first-order valence-corrected chi connectivity index (χ1v) is 11.0. The van der Waals surface area contributed by atoms with Crippen LogP contribution < -0.4 is 15.8 Å². The quantitative estimate of drug-likeness (QED) is 0.487. The first-order valence-electron chi connectivity index (χ1n) is 10.2. The average molecular weight is 448 g/mol. The molecule has 5 rings (SSSR count). The summed E-state index contributed by atoms with van der Waals surface area (Å²) in [5.74, 6) is 0.457. The fraction of sp³-hybridized carbons (Fsp3) is 0.217. The summed E-state index contributed by atoms with van der Waals surface area (Å²) in [4.78, 5) is 28.3. The van der Waals surface area contributed by atoms with Gasteiger partial charge in [-0.25, -0.2) is 4.98 Å². The minimum Gasteiger partial charge on any atom is -0.484 e. The molecule has 0 saturated heterocycles. The Bertz CT molecular complexity index is 1360. The highest BCUT2D eigenvalue weighted by Crippen LogP contribution is 2.41. The SMILES string of the molecule is Cc1ccc2nc(-n3nc(C)c4c3NC(=O)C[C@@H]4c3ccc(OCC(N)=O)cc3)sc2c1. The average Bonchev–Trinajstić information content (AvgIpc) is 3.32. The molecule has 9 heteroatoms. The van der Waals surface area contributed by atoms with E-state index in [1.807, 2.05) is 38.1 Å². The largest absolute Gasteiger partial charge is 0.484 e. The number of aromatic nitrogens is 3. The summed E-state index contributed by atoms with van der Waals surface area (Å²) in [5, 5.41) is 8.44. The number of thiazole rings is 1. The van der Waals surface area contributed by atoms with Gasteiger partial charge in [0.1, 0.15) is 11.6 Å². The van der Waals surface area contributed by atoms with Gasteiger partial charge in [-0.15, -0.1) is 0 Å². The van der Waals surface area contributed by atoms with Gasteiger partial charge in [-0.2, -0.15) is 9.78 Å². The van der Waals surface area contributed by atoms with Gasteiger partial charge in [-0.1, -0.05) is 29.5 Å². The summed E-state index contributed by atoms with van der Waals surface area (Å²) in [6.07, 6.45) is 0.320. The molecule has 4 aromatic rings. The molecule has 0 radical (unpaired) electrons. The van der Waals surface area contributed by atoms with E-state index in [2.05, 4.69) is 11.4 Å². The molecule has 3 N–H and O–H groups in total. The maximum Gasteiger partial charge on any atom is 0.255 e. The highest BCUT2D eigenvalue weighted by atomic mass is 32.1. The summed E-state index contributed by atoms with van der Waals surface area (Å²) >= 11 is 1.54. The third-order valence-electron chi connectivity index (χ3n) is 5.48. The number of nitrogens with one attached hydrogen (secondary N) is 1. The number of carbonyl (C=O) groups is 2. The third kappa shape index (κ3) is 3.60. The van der Waals surface area contributed by atoms with Gasteiger partial charge in [0, 0.05) is 17.9 Å². The Hall–Kier alpha value is -3.72. The van der Waals surface area contributed by atoms with E-state index in [9.17, 15) is 9.59 Å². The zero-order valence-electron chi connectivity index (χ0n) is 17.6. The minimum absolute atomic E-state index is 0.0744. The zero-order chi connectivity index (χ0) is 22.4. The fourth-order valence-electron chi connectivity index (χ4n) is 4.03. The van der Waals surface area contributed by atoms with Crippen LogP contribution in [0.15, 0.2) is 42.5 Å². The van der Waals surface area contributed by atoms with E-state index >= 15 is 0 Å². The van der Waals surface area contributed by atoms with Crippen molar-refractivity contribution in [1.29, 1.82) is 0 Å². The first kappa shape index (κ1) is 20.2. The van der Waals surface area contributed by atoms with E-state index in [4.69, 9.17) is 20.6 Å².